The fourth-order valence-corrected chi connectivity index (χ4v) is 2.49. The van der Waals surface area contributed by atoms with Crippen LogP contribution in [0.1, 0.15) is 18.1 Å². The van der Waals surface area contributed by atoms with Crippen LogP contribution < -0.4 is 15.4 Å². The minimum Gasteiger partial charge on any atom is -0.504 e. The second-order valence-corrected chi connectivity index (χ2v) is 5.82. The van der Waals surface area contributed by atoms with Gasteiger partial charge in [-0.25, -0.2) is 4.39 Å². The molecule has 2 rings (SSSR count). The summed E-state index contributed by atoms with van der Waals surface area (Å²) in [5.74, 6) is 1.14. The number of rotatable bonds is 8. The lowest BCUT2D eigenvalue weighted by atomic mass is 10.1. The molecule has 0 aliphatic heterocycles. The van der Waals surface area contributed by atoms with Gasteiger partial charge in [0.05, 0.1) is 7.11 Å². The lowest BCUT2D eigenvalue weighted by Gasteiger charge is -2.12. The Labute approximate surface area is 153 Å². The predicted octanol–water partition coefficient (Wildman–Crippen LogP) is 2.88. The number of aromatic hydroxyl groups is 1. The highest BCUT2D eigenvalue weighted by molar-refractivity contribution is 5.79. The fourth-order valence-electron chi connectivity index (χ4n) is 2.49. The Morgan fingerprint density at radius 1 is 1.08 bits per heavy atom. The Bertz CT molecular complexity index is 717. The molecule has 0 atom stereocenters. The summed E-state index contributed by atoms with van der Waals surface area (Å²) in [6.45, 7) is 4.11. The van der Waals surface area contributed by atoms with Crippen molar-refractivity contribution in [3.8, 4) is 11.5 Å². The van der Waals surface area contributed by atoms with Crippen LogP contribution in [-0.2, 0) is 12.8 Å². The summed E-state index contributed by atoms with van der Waals surface area (Å²) >= 11 is 0. The second-order valence-electron chi connectivity index (χ2n) is 5.82. The number of nitrogens with zero attached hydrogens (tertiary/aromatic N) is 1. The smallest absolute Gasteiger partial charge is 0.191 e. The molecule has 0 aromatic heterocycles. The van der Waals surface area contributed by atoms with Crippen molar-refractivity contribution < 1.29 is 14.2 Å². The Hall–Kier alpha value is -2.76. The van der Waals surface area contributed by atoms with E-state index in [9.17, 15) is 9.50 Å². The van der Waals surface area contributed by atoms with Crippen LogP contribution in [0.4, 0.5) is 4.39 Å². The molecular weight excluding hydrogens is 333 g/mol. The van der Waals surface area contributed by atoms with E-state index in [-0.39, 0.29) is 11.6 Å². The molecule has 0 saturated carbocycles. The van der Waals surface area contributed by atoms with Gasteiger partial charge in [0.25, 0.3) is 0 Å². The normalized spacial score (nSPS) is 11.3. The average molecular weight is 359 g/mol. The molecule has 0 spiro atoms. The van der Waals surface area contributed by atoms with Gasteiger partial charge in [0.15, 0.2) is 17.5 Å². The van der Waals surface area contributed by atoms with Crippen molar-refractivity contribution in [2.24, 2.45) is 4.99 Å². The highest BCUT2D eigenvalue weighted by Crippen LogP contribution is 2.26. The van der Waals surface area contributed by atoms with Gasteiger partial charge in [-0.2, -0.15) is 0 Å². The topological polar surface area (TPSA) is 65.9 Å². The van der Waals surface area contributed by atoms with Crippen molar-refractivity contribution >= 4 is 5.96 Å². The summed E-state index contributed by atoms with van der Waals surface area (Å²) in [6, 6.07) is 11.8. The first-order valence-electron chi connectivity index (χ1n) is 8.75. The fraction of sp³-hybridized carbons (Fsp3) is 0.350. The summed E-state index contributed by atoms with van der Waals surface area (Å²) in [6.07, 6.45) is 1.53. The number of hydrogen-bond donors (Lipinski definition) is 3. The number of halogens is 1. The predicted molar refractivity (Wildman–Crippen MR) is 102 cm³/mol. The SMILES string of the molecule is CCNC(=NCCc1ccc(F)cc1)NCCc1ccc(O)c(OC)c1. The Balaban J connectivity index is 1.84. The number of phenols is 1. The van der Waals surface area contributed by atoms with Crippen LogP contribution in [0.2, 0.25) is 0 Å². The number of benzene rings is 2. The van der Waals surface area contributed by atoms with E-state index in [2.05, 4.69) is 15.6 Å². The van der Waals surface area contributed by atoms with Crippen molar-refractivity contribution in [3.63, 3.8) is 0 Å². The largest absolute Gasteiger partial charge is 0.504 e. The average Bonchev–Trinajstić information content (AvgIpc) is 2.64. The maximum atomic E-state index is 12.9. The lowest BCUT2D eigenvalue weighted by Crippen LogP contribution is -2.38. The highest BCUT2D eigenvalue weighted by atomic mass is 19.1. The van der Waals surface area contributed by atoms with Crippen molar-refractivity contribution in [3.05, 3.63) is 59.4 Å². The van der Waals surface area contributed by atoms with Gasteiger partial charge in [-0.05, 0) is 55.2 Å². The number of ether oxygens (including phenoxy) is 1. The van der Waals surface area contributed by atoms with E-state index in [1.807, 2.05) is 19.1 Å². The number of phenolic OH excluding ortho intramolecular Hbond substituents is 1. The van der Waals surface area contributed by atoms with Crippen molar-refractivity contribution in [2.75, 3.05) is 26.7 Å². The van der Waals surface area contributed by atoms with Crippen LogP contribution in [0, 0.1) is 5.82 Å². The molecule has 0 bridgehead atoms. The lowest BCUT2D eigenvalue weighted by molar-refractivity contribution is 0.373. The summed E-state index contributed by atoms with van der Waals surface area (Å²) < 4.78 is 18.0. The second kappa shape index (κ2) is 10.3. The number of hydrogen-bond acceptors (Lipinski definition) is 3. The molecule has 0 aliphatic rings. The molecule has 5 nitrogen and oxygen atoms in total. The van der Waals surface area contributed by atoms with Crippen LogP contribution in [0.15, 0.2) is 47.5 Å². The van der Waals surface area contributed by atoms with E-state index < -0.39 is 0 Å². The van der Waals surface area contributed by atoms with Gasteiger partial charge in [-0.3, -0.25) is 4.99 Å². The number of nitrogens with one attached hydrogen (secondary N) is 2. The minimum absolute atomic E-state index is 0.139. The zero-order chi connectivity index (χ0) is 18.8. The third kappa shape index (κ3) is 6.27. The first kappa shape index (κ1) is 19.6. The monoisotopic (exact) mass is 359 g/mol. The standard InChI is InChI=1S/C20H26FN3O2/c1-3-22-20(23-12-10-15-4-7-17(21)8-5-15)24-13-11-16-6-9-18(25)19(14-16)26-2/h4-9,14,25H,3,10-13H2,1-2H3,(H2,22,23,24). The van der Waals surface area contributed by atoms with Gasteiger partial charge in [0.1, 0.15) is 5.82 Å². The van der Waals surface area contributed by atoms with Crippen LogP contribution >= 0.6 is 0 Å². The van der Waals surface area contributed by atoms with E-state index in [0.717, 1.165) is 36.5 Å². The van der Waals surface area contributed by atoms with Crippen molar-refractivity contribution in [1.82, 2.24) is 10.6 Å². The third-order valence-corrected chi connectivity index (χ3v) is 3.88. The molecule has 0 aliphatic carbocycles. The van der Waals surface area contributed by atoms with Crippen LogP contribution in [0.3, 0.4) is 0 Å². The summed E-state index contributed by atoms with van der Waals surface area (Å²) in [5.41, 5.74) is 2.12. The van der Waals surface area contributed by atoms with Gasteiger partial charge in [-0.1, -0.05) is 18.2 Å². The molecule has 2 aromatic rings. The number of guanidine groups is 1. The van der Waals surface area contributed by atoms with E-state index in [1.165, 1.54) is 19.2 Å². The third-order valence-electron chi connectivity index (χ3n) is 3.88. The Kier molecular flexibility index (Phi) is 7.74. The molecule has 26 heavy (non-hydrogen) atoms. The van der Waals surface area contributed by atoms with Crippen molar-refractivity contribution in [1.29, 1.82) is 0 Å². The van der Waals surface area contributed by atoms with E-state index in [4.69, 9.17) is 4.74 Å². The first-order chi connectivity index (χ1) is 12.6. The highest BCUT2D eigenvalue weighted by Gasteiger charge is 2.03. The molecule has 6 heteroatoms. The van der Waals surface area contributed by atoms with E-state index >= 15 is 0 Å². The van der Waals surface area contributed by atoms with Gasteiger partial charge < -0.3 is 20.5 Å². The van der Waals surface area contributed by atoms with Crippen LogP contribution in [-0.4, -0.2) is 37.8 Å². The molecule has 2 aromatic carbocycles. The zero-order valence-corrected chi connectivity index (χ0v) is 15.3. The van der Waals surface area contributed by atoms with E-state index in [0.29, 0.717) is 18.8 Å². The van der Waals surface area contributed by atoms with Gasteiger partial charge in [-0.15, -0.1) is 0 Å². The molecular formula is C20H26FN3O2. The molecule has 0 heterocycles. The minimum atomic E-state index is -0.224. The van der Waals surface area contributed by atoms with Gasteiger partial charge in [0.2, 0.25) is 0 Å². The Morgan fingerprint density at radius 3 is 2.50 bits per heavy atom. The quantitative estimate of drug-likeness (QED) is 0.501. The van der Waals surface area contributed by atoms with Crippen LogP contribution in [0.5, 0.6) is 11.5 Å². The first-order valence-corrected chi connectivity index (χ1v) is 8.75. The van der Waals surface area contributed by atoms with Gasteiger partial charge in [0, 0.05) is 19.6 Å². The molecule has 0 saturated heterocycles. The summed E-state index contributed by atoms with van der Waals surface area (Å²) in [7, 11) is 1.54. The summed E-state index contributed by atoms with van der Waals surface area (Å²) in [4.78, 5) is 4.55. The van der Waals surface area contributed by atoms with E-state index in [1.54, 1.807) is 18.2 Å². The molecule has 0 fully saturated rings. The van der Waals surface area contributed by atoms with Crippen molar-refractivity contribution in [2.45, 2.75) is 19.8 Å². The molecule has 140 valence electrons. The maximum Gasteiger partial charge on any atom is 0.191 e. The summed E-state index contributed by atoms with van der Waals surface area (Å²) in [5, 5.41) is 16.1. The van der Waals surface area contributed by atoms with Crippen LogP contribution in [0.25, 0.3) is 0 Å². The maximum absolute atomic E-state index is 12.9. The molecule has 0 amide bonds. The molecule has 0 radical (unpaired) electrons. The zero-order valence-electron chi connectivity index (χ0n) is 15.3. The molecule has 0 unspecified atom stereocenters. The number of methoxy groups -OCH3 is 1. The Morgan fingerprint density at radius 2 is 1.81 bits per heavy atom. The van der Waals surface area contributed by atoms with Gasteiger partial charge >= 0.3 is 0 Å². The number of aliphatic imine (C=N–C) groups is 1. The molecule has 3 N–H and O–H groups in total.